The Hall–Kier alpha value is -2.62. The Morgan fingerprint density at radius 2 is 1.91 bits per heavy atom. The van der Waals surface area contributed by atoms with E-state index in [0.29, 0.717) is 16.7 Å². The molecule has 1 N–H and O–H groups in total. The second kappa shape index (κ2) is 4.98. The number of nitrogens with one attached hydrogen (secondary N) is 1. The molecule has 0 saturated carbocycles. The fourth-order valence-corrected chi connectivity index (χ4v) is 3.17. The van der Waals surface area contributed by atoms with Gasteiger partial charge >= 0.3 is 0 Å². The summed E-state index contributed by atoms with van der Waals surface area (Å²) in [6.45, 7) is 0. The fraction of sp³-hybridized carbons (Fsp3) is 0.222. The smallest absolute Gasteiger partial charge is 0.259 e. The van der Waals surface area contributed by atoms with Gasteiger partial charge in [0.25, 0.3) is 5.56 Å². The minimum absolute atomic E-state index is 0.122. The van der Waals surface area contributed by atoms with E-state index in [9.17, 15) is 4.79 Å². The molecule has 0 saturated heterocycles. The molecule has 4 nitrogen and oxygen atoms in total. The van der Waals surface area contributed by atoms with Gasteiger partial charge in [-0.25, -0.2) is 4.98 Å². The Labute approximate surface area is 127 Å². The average molecular weight is 292 g/mol. The van der Waals surface area contributed by atoms with Crippen LogP contribution in [0.25, 0.3) is 22.3 Å². The van der Waals surface area contributed by atoms with Gasteiger partial charge in [0.15, 0.2) is 0 Å². The number of aromatic nitrogens is 2. The molecule has 0 radical (unpaired) electrons. The minimum Gasteiger partial charge on any atom is -0.496 e. The number of aryl methyl sites for hydroxylation is 2. The normalized spacial score (nSPS) is 13.3. The summed E-state index contributed by atoms with van der Waals surface area (Å²) >= 11 is 0. The zero-order valence-corrected chi connectivity index (χ0v) is 12.3. The third-order valence-electron chi connectivity index (χ3n) is 4.28. The van der Waals surface area contributed by atoms with Crippen LogP contribution < -0.4 is 10.3 Å². The Balaban J connectivity index is 1.97. The molecule has 1 aromatic heterocycles. The van der Waals surface area contributed by atoms with E-state index in [2.05, 4.69) is 22.1 Å². The van der Waals surface area contributed by atoms with E-state index in [0.717, 1.165) is 24.2 Å². The van der Waals surface area contributed by atoms with Gasteiger partial charge in [-0.05, 0) is 54.7 Å². The average Bonchev–Trinajstić information content (AvgIpc) is 3.01. The number of hydrogen-bond donors (Lipinski definition) is 1. The first-order valence-electron chi connectivity index (χ1n) is 7.45. The van der Waals surface area contributed by atoms with Gasteiger partial charge in [-0.3, -0.25) is 4.79 Å². The Bertz CT molecular complexity index is 928. The molecule has 0 bridgehead atoms. The van der Waals surface area contributed by atoms with Crippen LogP contribution in [0, 0.1) is 0 Å². The van der Waals surface area contributed by atoms with Crippen molar-refractivity contribution in [3.05, 3.63) is 57.9 Å². The highest BCUT2D eigenvalue weighted by atomic mass is 16.5. The van der Waals surface area contributed by atoms with E-state index in [1.807, 2.05) is 18.2 Å². The zero-order valence-electron chi connectivity index (χ0n) is 12.3. The van der Waals surface area contributed by atoms with Gasteiger partial charge in [-0.15, -0.1) is 0 Å². The number of aromatic amines is 1. The summed E-state index contributed by atoms with van der Waals surface area (Å²) in [6.07, 6.45) is 3.33. The highest BCUT2D eigenvalue weighted by Gasteiger charge is 2.18. The monoisotopic (exact) mass is 292 g/mol. The molecule has 0 fully saturated rings. The SMILES string of the molecule is COc1cc2c(cc1-c1nc3ccccc3c(=O)[nH]1)CCC2. The summed E-state index contributed by atoms with van der Waals surface area (Å²) in [7, 11) is 1.65. The van der Waals surface area contributed by atoms with Crippen LogP contribution in [0.5, 0.6) is 5.75 Å². The van der Waals surface area contributed by atoms with Crippen LogP contribution in [-0.4, -0.2) is 17.1 Å². The number of para-hydroxylation sites is 1. The van der Waals surface area contributed by atoms with Gasteiger partial charge in [0, 0.05) is 0 Å². The first kappa shape index (κ1) is 13.1. The second-order valence-electron chi connectivity index (χ2n) is 5.61. The minimum atomic E-state index is -0.122. The summed E-state index contributed by atoms with van der Waals surface area (Å²) in [5, 5.41) is 0.603. The first-order chi connectivity index (χ1) is 10.8. The molecule has 4 rings (SSSR count). The van der Waals surface area contributed by atoms with E-state index in [4.69, 9.17) is 4.74 Å². The number of benzene rings is 2. The van der Waals surface area contributed by atoms with Gasteiger partial charge in [-0.2, -0.15) is 0 Å². The molecular formula is C18H16N2O2. The quantitative estimate of drug-likeness (QED) is 0.789. The molecule has 110 valence electrons. The predicted molar refractivity (Wildman–Crippen MR) is 86.4 cm³/mol. The lowest BCUT2D eigenvalue weighted by atomic mass is 10.0. The van der Waals surface area contributed by atoms with Crippen molar-refractivity contribution in [1.29, 1.82) is 0 Å². The van der Waals surface area contributed by atoms with Crippen LogP contribution in [0.4, 0.5) is 0 Å². The van der Waals surface area contributed by atoms with Crippen LogP contribution in [0.2, 0.25) is 0 Å². The standard InChI is InChI=1S/C18H16N2O2/c1-22-16-10-12-6-4-5-11(12)9-14(16)17-19-15-8-3-2-7-13(15)18(21)20-17/h2-3,7-10H,4-6H2,1H3,(H,19,20,21). The first-order valence-corrected chi connectivity index (χ1v) is 7.45. The summed E-state index contributed by atoms with van der Waals surface area (Å²) in [5.74, 6) is 1.33. The van der Waals surface area contributed by atoms with E-state index < -0.39 is 0 Å². The van der Waals surface area contributed by atoms with Gasteiger partial charge in [0.2, 0.25) is 0 Å². The van der Waals surface area contributed by atoms with Gasteiger partial charge < -0.3 is 9.72 Å². The van der Waals surface area contributed by atoms with Crippen molar-refractivity contribution in [3.8, 4) is 17.1 Å². The molecule has 3 aromatic rings. The van der Waals surface area contributed by atoms with E-state index in [1.165, 1.54) is 17.5 Å². The van der Waals surface area contributed by atoms with Gasteiger partial charge in [0.1, 0.15) is 11.6 Å². The third-order valence-corrected chi connectivity index (χ3v) is 4.28. The van der Waals surface area contributed by atoms with Gasteiger partial charge in [-0.1, -0.05) is 12.1 Å². The molecule has 0 atom stereocenters. The molecule has 0 aliphatic heterocycles. The molecule has 1 heterocycles. The molecule has 0 spiro atoms. The van der Waals surface area contributed by atoms with Crippen molar-refractivity contribution in [2.75, 3.05) is 7.11 Å². The topological polar surface area (TPSA) is 55.0 Å². The zero-order chi connectivity index (χ0) is 15.1. The van der Waals surface area contributed by atoms with Crippen LogP contribution >= 0.6 is 0 Å². The number of fused-ring (bicyclic) bond motifs is 2. The third kappa shape index (κ3) is 1.99. The van der Waals surface area contributed by atoms with Crippen molar-refractivity contribution in [1.82, 2.24) is 9.97 Å². The summed E-state index contributed by atoms with van der Waals surface area (Å²) in [6, 6.07) is 11.5. The number of H-pyrrole nitrogens is 1. The molecule has 2 aromatic carbocycles. The van der Waals surface area contributed by atoms with Crippen molar-refractivity contribution < 1.29 is 4.74 Å². The maximum absolute atomic E-state index is 12.3. The van der Waals surface area contributed by atoms with Crippen molar-refractivity contribution in [2.24, 2.45) is 0 Å². The highest BCUT2D eigenvalue weighted by Crippen LogP contribution is 2.34. The van der Waals surface area contributed by atoms with E-state index in [-0.39, 0.29) is 5.56 Å². The fourth-order valence-electron chi connectivity index (χ4n) is 3.17. The number of methoxy groups -OCH3 is 1. The Kier molecular flexibility index (Phi) is 2.96. The molecule has 0 unspecified atom stereocenters. The molecule has 1 aliphatic rings. The molecule has 0 amide bonds. The van der Waals surface area contributed by atoms with E-state index in [1.54, 1.807) is 13.2 Å². The number of nitrogens with zero attached hydrogens (tertiary/aromatic N) is 1. The lowest BCUT2D eigenvalue weighted by molar-refractivity contribution is 0.415. The Morgan fingerprint density at radius 3 is 2.73 bits per heavy atom. The Morgan fingerprint density at radius 1 is 1.14 bits per heavy atom. The number of rotatable bonds is 2. The molecule has 1 aliphatic carbocycles. The second-order valence-corrected chi connectivity index (χ2v) is 5.61. The van der Waals surface area contributed by atoms with Crippen LogP contribution in [0.3, 0.4) is 0 Å². The molecule has 4 heteroatoms. The van der Waals surface area contributed by atoms with Crippen molar-refractivity contribution in [2.45, 2.75) is 19.3 Å². The largest absolute Gasteiger partial charge is 0.496 e. The highest BCUT2D eigenvalue weighted by molar-refractivity contribution is 5.80. The molecular weight excluding hydrogens is 276 g/mol. The van der Waals surface area contributed by atoms with Gasteiger partial charge in [0.05, 0.1) is 23.6 Å². The predicted octanol–water partition coefficient (Wildman–Crippen LogP) is 3.09. The molecule has 22 heavy (non-hydrogen) atoms. The number of hydrogen-bond acceptors (Lipinski definition) is 3. The van der Waals surface area contributed by atoms with E-state index >= 15 is 0 Å². The lowest BCUT2D eigenvalue weighted by Crippen LogP contribution is -2.10. The van der Waals surface area contributed by atoms with Crippen LogP contribution in [0.15, 0.2) is 41.2 Å². The summed E-state index contributed by atoms with van der Waals surface area (Å²) in [4.78, 5) is 19.8. The number of ether oxygens (including phenoxy) is 1. The maximum atomic E-state index is 12.3. The summed E-state index contributed by atoms with van der Waals surface area (Å²) < 4.78 is 5.51. The van der Waals surface area contributed by atoms with Crippen molar-refractivity contribution >= 4 is 10.9 Å². The lowest BCUT2D eigenvalue weighted by Gasteiger charge is -2.11. The maximum Gasteiger partial charge on any atom is 0.259 e. The summed E-state index contributed by atoms with van der Waals surface area (Å²) in [5.41, 5.74) is 4.09. The van der Waals surface area contributed by atoms with Crippen LogP contribution in [-0.2, 0) is 12.8 Å². The van der Waals surface area contributed by atoms with Crippen LogP contribution in [0.1, 0.15) is 17.5 Å². The van der Waals surface area contributed by atoms with Crippen molar-refractivity contribution in [3.63, 3.8) is 0 Å².